The molecule has 2 aromatic heterocycles. The summed E-state index contributed by atoms with van der Waals surface area (Å²) in [5.41, 5.74) is 9.22. The van der Waals surface area contributed by atoms with Gasteiger partial charge in [-0.1, -0.05) is 103 Å². The van der Waals surface area contributed by atoms with Crippen LogP contribution in [-0.2, 0) is 0 Å². The van der Waals surface area contributed by atoms with Crippen LogP contribution >= 0.6 is 0 Å². The normalized spacial score (nSPS) is 11.7. The van der Waals surface area contributed by atoms with E-state index in [-0.39, 0.29) is 0 Å². The third-order valence-electron chi connectivity index (χ3n) is 9.87. The third-order valence-corrected chi connectivity index (χ3v) is 9.87. The monoisotopic (exact) mass is 625 g/mol. The van der Waals surface area contributed by atoms with E-state index >= 15 is 0 Å². The van der Waals surface area contributed by atoms with E-state index in [4.69, 9.17) is 0 Å². The lowest BCUT2D eigenvalue weighted by atomic mass is 10.1. The van der Waals surface area contributed by atoms with Crippen LogP contribution in [0.25, 0.3) is 65.6 Å². The highest BCUT2D eigenvalue weighted by Crippen LogP contribution is 2.41. The Bertz CT molecular complexity index is 2760. The molecule has 0 radical (unpaired) electrons. The molecule has 8 aromatic carbocycles. The molecule has 0 saturated carbocycles. The fourth-order valence-electron chi connectivity index (χ4n) is 7.63. The van der Waals surface area contributed by atoms with E-state index in [0.717, 1.165) is 28.4 Å². The Kier molecular flexibility index (Phi) is 6.18. The zero-order valence-corrected chi connectivity index (χ0v) is 26.7. The first-order valence-electron chi connectivity index (χ1n) is 16.8. The van der Waals surface area contributed by atoms with Gasteiger partial charge in [0, 0.05) is 50.8 Å². The Morgan fingerprint density at radius 2 is 0.918 bits per heavy atom. The fraction of sp³-hybridized carbons (Fsp3) is 0. The first-order valence-corrected chi connectivity index (χ1v) is 16.8. The minimum atomic E-state index is 1.10. The lowest BCUT2D eigenvalue weighted by Crippen LogP contribution is -2.10. The minimum absolute atomic E-state index is 1.10. The molecule has 0 atom stereocenters. The quantitative estimate of drug-likeness (QED) is 0.185. The van der Waals surface area contributed by atoms with Gasteiger partial charge in [0.1, 0.15) is 0 Å². The molecule has 0 spiro atoms. The number of fused-ring (bicyclic) bond motifs is 7. The summed E-state index contributed by atoms with van der Waals surface area (Å²) < 4.78 is 4.71. The maximum atomic E-state index is 2.42. The van der Waals surface area contributed by atoms with Gasteiger partial charge in [-0.25, -0.2) is 0 Å². The first-order chi connectivity index (χ1) is 24.3. The van der Waals surface area contributed by atoms with Crippen molar-refractivity contribution in [2.45, 2.75) is 0 Å². The van der Waals surface area contributed by atoms with Gasteiger partial charge >= 0.3 is 0 Å². The number of aromatic nitrogens is 2. The van der Waals surface area contributed by atoms with Crippen molar-refractivity contribution in [3.05, 3.63) is 188 Å². The topological polar surface area (TPSA) is 13.1 Å². The second-order valence-electron chi connectivity index (χ2n) is 12.7. The maximum Gasteiger partial charge on any atom is 0.0548 e. The highest BCUT2D eigenvalue weighted by atomic mass is 15.1. The molecule has 3 heteroatoms. The van der Waals surface area contributed by atoms with Gasteiger partial charge in [-0.05, 0) is 100 Å². The van der Waals surface area contributed by atoms with E-state index < -0.39 is 0 Å². The minimum Gasteiger partial charge on any atom is -0.317 e. The standard InChI is InChI=1S/C46H31N3/c1-2-15-36(16-3-1)47-28-27-42-43(47)25-26-45-46(42)41-19-8-9-20-44(41)49(45)38-18-10-17-37(31-38)48(39-23-21-32-11-4-6-13-34(32)29-39)40-24-22-33-12-5-7-14-35(33)30-40/h1-31H. The molecule has 10 rings (SSSR count). The van der Waals surface area contributed by atoms with Crippen molar-refractivity contribution in [2.75, 3.05) is 4.90 Å². The van der Waals surface area contributed by atoms with Gasteiger partial charge < -0.3 is 14.0 Å². The summed E-state index contributed by atoms with van der Waals surface area (Å²) in [6, 6.07) is 65.8. The second kappa shape index (κ2) is 11.0. The largest absolute Gasteiger partial charge is 0.317 e. The van der Waals surface area contributed by atoms with Crippen LogP contribution in [-0.4, -0.2) is 9.13 Å². The van der Waals surface area contributed by atoms with Gasteiger partial charge in [0.2, 0.25) is 0 Å². The molecule has 2 heterocycles. The number of anilines is 3. The predicted molar refractivity (Wildman–Crippen MR) is 207 cm³/mol. The summed E-state index contributed by atoms with van der Waals surface area (Å²) >= 11 is 0. The Morgan fingerprint density at radius 3 is 1.65 bits per heavy atom. The predicted octanol–water partition coefficient (Wildman–Crippen LogP) is 12.5. The average Bonchev–Trinajstić information content (AvgIpc) is 3.75. The number of hydrogen-bond donors (Lipinski definition) is 0. The molecule has 10 aromatic rings. The van der Waals surface area contributed by atoms with Gasteiger partial charge in [0.25, 0.3) is 0 Å². The Labute approximate surface area is 284 Å². The number of para-hydroxylation sites is 2. The van der Waals surface area contributed by atoms with Gasteiger partial charge in [0.05, 0.1) is 16.6 Å². The molecule has 3 nitrogen and oxygen atoms in total. The van der Waals surface area contributed by atoms with Crippen LogP contribution in [0, 0.1) is 0 Å². The molecule has 0 N–H and O–H groups in total. The molecule has 0 aliphatic heterocycles. The van der Waals surface area contributed by atoms with Crippen LogP contribution < -0.4 is 4.90 Å². The molecule has 0 saturated heterocycles. The summed E-state index contributed by atoms with van der Waals surface area (Å²) in [6.07, 6.45) is 2.19. The Hall–Kier alpha value is -6.58. The third kappa shape index (κ3) is 4.44. The molecular weight excluding hydrogens is 595 g/mol. The maximum absolute atomic E-state index is 2.42. The van der Waals surface area contributed by atoms with Crippen LogP contribution in [0.2, 0.25) is 0 Å². The van der Waals surface area contributed by atoms with Crippen molar-refractivity contribution in [3.63, 3.8) is 0 Å². The summed E-state index contributed by atoms with van der Waals surface area (Å²) in [5.74, 6) is 0. The number of benzene rings is 8. The van der Waals surface area contributed by atoms with Crippen LogP contribution in [0.4, 0.5) is 17.1 Å². The molecule has 0 bridgehead atoms. The highest BCUT2D eigenvalue weighted by Gasteiger charge is 2.19. The van der Waals surface area contributed by atoms with E-state index in [2.05, 4.69) is 202 Å². The number of nitrogens with zero attached hydrogens (tertiary/aromatic N) is 3. The van der Waals surface area contributed by atoms with E-state index in [0.29, 0.717) is 0 Å². The van der Waals surface area contributed by atoms with Crippen molar-refractivity contribution in [2.24, 2.45) is 0 Å². The second-order valence-corrected chi connectivity index (χ2v) is 12.7. The first kappa shape index (κ1) is 27.5. The Balaban J connectivity index is 1.19. The average molecular weight is 626 g/mol. The smallest absolute Gasteiger partial charge is 0.0548 e. The zero-order chi connectivity index (χ0) is 32.3. The molecule has 0 fully saturated rings. The summed E-state index contributed by atoms with van der Waals surface area (Å²) in [4.78, 5) is 2.38. The highest BCUT2D eigenvalue weighted by molar-refractivity contribution is 6.21. The van der Waals surface area contributed by atoms with E-state index in [1.165, 1.54) is 54.3 Å². The molecule has 0 unspecified atom stereocenters. The zero-order valence-electron chi connectivity index (χ0n) is 26.7. The van der Waals surface area contributed by atoms with Gasteiger partial charge in [-0.3, -0.25) is 0 Å². The summed E-state index contributed by atoms with van der Waals surface area (Å²) in [6.45, 7) is 0. The van der Waals surface area contributed by atoms with Crippen LogP contribution in [0.5, 0.6) is 0 Å². The van der Waals surface area contributed by atoms with E-state index in [1.54, 1.807) is 0 Å². The van der Waals surface area contributed by atoms with Crippen LogP contribution in [0.15, 0.2) is 188 Å². The SMILES string of the molecule is c1ccc(-n2ccc3c4c5ccccc5n(-c5cccc(N(c6ccc7ccccc7c6)c6ccc7ccccc7c6)c5)c4ccc32)cc1. The van der Waals surface area contributed by atoms with Crippen molar-refractivity contribution < 1.29 is 0 Å². The van der Waals surface area contributed by atoms with Crippen molar-refractivity contribution in [3.8, 4) is 11.4 Å². The van der Waals surface area contributed by atoms with Crippen LogP contribution in [0.3, 0.4) is 0 Å². The van der Waals surface area contributed by atoms with Crippen LogP contribution in [0.1, 0.15) is 0 Å². The molecule has 230 valence electrons. The number of hydrogen-bond acceptors (Lipinski definition) is 1. The lowest BCUT2D eigenvalue weighted by molar-refractivity contribution is 1.13. The van der Waals surface area contributed by atoms with Crippen molar-refractivity contribution in [1.82, 2.24) is 9.13 Å². The van der Waals surface area contributed by atoms with Crippen molar-refractivity contribution in [1.29, 1.82) is 0 Å². The van der Waals surface area contributed by atoms with Crippen molar-refractivity contribution >= 4 is 71.3 Å². The van der Waals surface area contributed by atoms with E-state index in [9.17, 15) is 0 Å². The van der Waals surface area contributed by atoms with Gasteiger partial charge in [-0.2, -0.15) is 0 Å². The summed E-state index contributed by atoms with van der Waals surface area (Å²) in [7, 11) is 0. The molecule has 0 aliphatic rings. The summed E-state index contributed by atoms with van der Waals surface area (Å²) in [5, 5.41) is 8.68. The van der Waals surface area contributed by atoms with E-state index in [1.807, 2.05) is 0 Å². The van der Waals surface area contributed by atoms with Gasteiger partial charge in [-0.15, -0.1) is 0 Å². The fourth-order valence-corrected chi connectivity index (χ4v) is 7.63. The molecule has 0 aliphatic carbocycles. The lowest BCUT2D eigenvalue weighted by Gasteiger charge is -2.27. The molecule has 0 amide bonds. The number of rotatable bonds is 5. The van der Waals surface area contributed by atoms with Gasteiger partial charge in [0.15, 0.2) is 0 Å². The molecular formula is C46H31N3. The molecule has 49 heavy (non-hydrogen) atoms. The Morgan fingerprint density at radius 1 is 0.347 bits per heavy atom.